The fraction of sp³-hybridized carbons (Fsp3) is 0.263. The molecule has 0 amide bonds. The van der Waals surface area contributed by atoms with E-state index in [1.807, 2.05) is 6.07 Å². The Morgan fingerprint density at radius 3 is 2.70 bits per heavy atom. The van der Waals surface area contributed by atoms with Crippen molar-refractivity contribution in [3.8, 4) is 0 Å². The molecule has 5 nitrogen and oxygen atoms in total. The summed E-state index contributed by atoms with van der Waals surface area (Å²) < 4.78 is 28.2. The lowest BCUT2D eigenvalue weighted by Crippen LogP contribution is -2.15. The van der Waals surface area contributed by atoms with Crippen LogP contribution in [-0.4, -0.2) is 25.1 Å². The molecule has 0 aromatic heterocycles. The molecule has 0 fully saturated rings. The number of alkyl halides is 1. The maximum absolute atomic E-state index is 12.8. The van der Waals surface area contributed by atoms with Crippen molar-refractivity contribution in [2.45, 2.75) is 30.0 Å². The van der Waals surface area contributed by atoms with Crippen LogP contribution in [0.3, 0.4) is 0 Å². The smallest absolute Gasteiger partial charge is 0.261 e. The summed E-state index contributed by atoms with van der Waals surface area (Å²) in [6.07, 6.45) is 1.59. The molecule has 1 unspecified atom stereocenters. The molecule has 2 aromatic rings. The van der Waals surface area contributed by atoms with Crippen LogP contribution < -0.4 is 4.72 Å². The van der Waals surface area contributed by atoms with Gasteiger partial charge in [0.15, 0.2) is 10.9 Å². The molecule has 3 rings (SSSR count). The minimum absolute atomic E-state index is 0.0112. The van der Waals surface area contributed by atoms with Crippen LogP contribution in [0, 0.1) is 0 Å². The highest BCUT2D eigenvalue weighted by Gasteiger charge is 2.26. The van der Waals surface area contributed by atoms with Crippen LogP contribution in [0.15, 0.2) is 47.4 Å². The minimum Gasteiger partial charge on any atom is -0.293 e. The van der Waals surface area contributed by atoms with Gasteiger partial charge in [-0.15, -0.1) is 11.6 Å². The fourth-order valence-electron chi connectivity index (χ4n) is 3.01. The Morgan fingerprint density at radius 1 is 1.22 bits per heavy atom. The number of thioether (sulfide) groups is 1. The number of carbonyl (C=O) groups is 2. The highest BCUT2D eigenvalue weighted by Crippen LogP contribution is 2.41. The van der Waals surface area contributed by atoms with Crippen LogP contribution >= 0.6 is 23.4 Å². The van der Waals surface area contributed by atoms with E-state index in [-0.39, 0.29) is 32.5 Å². The van der Waals surface area contributed by atoms with E-state index in [1.165, 1.54) is 31.2 Å². The Balaban J connectivity index is 1.86. The summed E-state index contributed by atoms with van der Waals surface area (Å²) >= 11 is 7.24. The molecule has 0 saturated heterocycles. The van der Waals surface area contributed by atoms with E-state index in [0.717, 1.165) is 35.7 Å². The maximum Gasteiger partial charge on any atom is 0.261 e. The molecule has 0 spiro atoms. The first-order valence-corrected chi connectivity index (χ1v) is 11.2. The highest BCUT2D eigenvalue weighted by atomic mass is 35.5. The average molecular weight is 424 g/mol. The minimum atomic E-state index is -3.88. The summed E-state index contributed by atoms with van der Waals surface area (Å²) in [6.45, 7) is 1.38. The van der Waals surface area contributed by atoms with E-state index in [1.54, 1.807) is 12.1 Å². The lowest BCUT2D eigenvalue weighted by Gasteiger charge is -2.14. The molecule has 0 bridgehead atoms. The summed E-state index contributed by atoms with van der Waals surface area (Å²) in [5.41, 5.74) is 2.57. The number of sulfonamides is 1. The van der Waals surface area contributed by atoms with Crippen molar-refractivity contribution >= 4 is 50.0 Å². The molecule has 27 heavy (non-hydrogen) atoms. The van der Waals surface area contributed by atoms with E-state index in [0.29, 0.717) is 5.69 Å². The molecule has 2 aromatic carbocycles. The lowest BCUT2D eigenvalue weighted by atomic mass is 10.1. The number of nitrogens with one attached hydrogen (secondary N) is 1. The quantitative estimate of drug-likeness (QED) is 0.557. The van der Waals surface area contributed by atoms with Gasteiger partial charge in [-0.2, -0.15) is 0 Å². The number of aryl methyl sites for hydroxylation is 1. The van der Waals surface area contributed by atoms with Gasteiger partial charge < -0.3 is 0 Å². The largest absolute Gasteiger partial charge is 0.293 e. The van der Waals surface area contributed by atoms with Crippen molar-refractivity contribution in [3.05, 3.63) is 59.2 Å². The van der Waals surface area contributed by atoms with Crippen LogP contribution in [0.1, 0.15) is 40.2 Å². The van der Waals surface area contributed by atoms with Crippen LogP contribution in [0.4, 0.5) is 5.69 Å². The van der Waals surface area contributed by atoms with Gasteiger partial charge in [0.25, 0.3) is 10.0 Å². The maximum atomic E-state index is 12.8. The standard InChI is InChI=1S/C19H18ClNO4S2/c1-12(22)26-11-18(23)14-5-2-6-15(10-14)27(24,25)21-17-7-3-4-13-8-9-16(20)19(13)17/h2-7,10,16,21H,8-9,11H2,1H3. The molecular formula is C19H18ClNO4S2. The van der Waals surface area contributed by atoms with E-state index in [4.69, 9.17) is 11.6 Å². The molecule has 0 heterocycles. The van der Waals surface area contributed by atoms with Gasteiger partial charge in [-0.1, -0.05) is 36.0 Å². The van der Waals surface area contributed by atoms with E-state index < -0.39 is 10.0 Å². The van der Waals surface area contributed by atoms with E-state index in [9.17, 15) is 18.0 Å². The van der Waals surface area contributed by atoms with Crippen molar-refractivity contribution in [2.24, 2.45) is 0 Å². The highest BCUT2D eigenvalue weighted by molar-refractivity contribution is 8.14. The molecule has 142 valence electrons. The van der Waals surface area contributed by atoms with Crippen LogP contribution in [0.5, 0.6) is 0 Å². The SMILES string of the molecule is CC(=O)SCC(=O)c1cccc(S(=O)(=O)Nc2cccc3c2C(Cl)CC3)c1. The first kappa shape index (κ1) is 19.9. The topological polar surface area (TPSA) is 80.3 Å². The monoisotopic (exact) mass is 423 g/mol. The predicted octanol–water partition coefficient (Wildman–Crippen LogP) is 4.18. The van der Waals surface area contributed by atoms with Gasteiger partial charge in [-0.25, -0.2) is 8.42 Å². The number of benzene rings is 2. The molecule has 1 N–H and O–H groups in total. The van der Waals surface area contributed by atoms with Crippen molar-refractivity contribution in [3.63, 3.8) is 0 Å². The first-order chi connectivity index (χ1) is 12.8. The van der Waals surface area contributed by atoms with Crippen molar-refractivity contribution in [2.75, 3.05) is 10.5 Å². The summed E-state index contributed by atoms with van der Waals surface area (Å²) in [5, 5.41) is -0.391. The van der Waals surface area contributed by atoms with E-state index in [2.05, 4.69) is 4.72 Å². The number of Topliss-reactive ketones (excluding diaryl/α,β-unsaturated/α-hetero) is 1. The zero-order valence-corrected chi connectivity index (χ0v) is 17.0. The second-order valence-corrected chi connectivity index (χ2v) is 9.58. The third-order valence-electron chi connectivity index (χ3n) is 4.29. The van der Waals surface area contributed by atoms with Gasteiger partial charge in [0.05, 0.1) is 21.7 Å². The van der Waals surface area contributed by atoms with Crippen molar-refractivity contribution in [1.82, 2.24) is 0 Å². The number of hydrogen-bond acceptors (Lipinski definition) is 5. The van der Waals surface area contributed by atoms with Crippen LogP contribution in [0.25, 0.3) is 0 Å². The summed E-state index contributed by atoms with van der Waals surface area (Å²) in [7, 11) is -3.88. The Labute approximate surface area is 167 Å². The molecule has 1 aliphatic carbocycles. The molecular weight excluding hydrogens is 406 g/mol. The average Bonchev–Trinajstić information content (AvgIpc) is 3.02. The third-order valence-corrected chi connectivity index (χ3v) is 6.91. The van der Waals surface area contributed by atoms with Crippen LogP contribution in [-0.2, 0) is 21.2 Å². The zero-order chi connectivity index (χ0) is 19.6. The number of hydrogen-bond donors (Lipinski definition) is 1. The second-order valence-electron chi connectivity index (χ2n) is 6.22. The van der Waals surface area contributed by atoms with Crippen molar-refractivity contribution < 1.29 is 18.0 Å². The molecule has 0 radical (unpaired) electrons. The Morgan fingerprint density at radius 2 is 1.96 bits per heavy atom. The number of ketones is 1. The molecule has 0 aliphatic heterocycles. The number of anilines is 1. The summed E-state index contributed by atoms with van der Waals surface area (Å²) in [4.78, 5) is 23.2. The Bertz CT molecular complexity index is 1000. The second kappa shape index (κ2) is 8.04. The predicted molar refractivity (Wildman–Crippen MR) is 108 cm³/mol. The summed E-state index contributed by atoms with van der Waals surface area (Å²) in [5.74, 6) is -0.319. The van der Waals surface area contributed by atoms with Gasteiger partial charge in [0, 0.05) is 12.5 Å². The van der Waals surface area contributed by atoms with Gasteiger partial charge in [0.1, 0.15) is 0 Å². The number of halogens is 1. The van der Waals surface area contributed by atoms with Gasteiger partial charge in [-0.05, 0) is 42.2 Å². The Hall–Kier alpha value is -1.83. The summed E-state index contributed by atoms with van der Waals surface area (Å²) in [6, 6.07) is 11.2. The Kier molecular flexibility index (Phi) is 5.93. The molecule has 8 heteroatoms. The van der Waals surface area contributed by atoms with Crippen molar-refractivity contribution in [1.29, 1.82) is 0 Å². The lowest BCUT2D eigenvalue weighted by molar-refractivity contribution is -0.109. The van der Waals surface area contributed by atoms with E-state index >= 15 is 0 Å². The third kappa shape index (κ3) is 4.54. The number of carbonyl (C=O) groups excluding carboxylic acids is 2. The normalized spacial score (nSPS) is 16.0. The van der Waals surface area contributed by atoms with Crippen LogP contribution in [0.2, 0.25) is 0 Å². The fourth-order valence-corrected chi connectivity index (χ4v) is 5.00. The number of rotatable bonds is 6. The molecule has 1 atom stereocenters. The first-order valence-electron chi connectivity index (χ1n) is 8.33. The zero-order valence-electron chi connectivity index (χ0n) is 14.6. The van der Waals surface area contributed by atoms with Gasteiger partial charge >= 0.3 is 0 Å². The van der Waals surface area contributed by atoms with Gasteiger partial charge in [-0.3, -0.25) is 14.3 Å². The molecule has 0 saturated carbocycles. The van der Waals surface area contributed by atoms with Gasteiger partial charge in [0.2, 0.25) is 0 Å². The molecule has 1 aliphatic rings. The number of fused-ring (bicyclic) bond motifs is 1.